The summed E-state index contributed by atoms with van der Waals surface area (Å²) in [5.41, 5.74) is 6.21. The second-order valence-electron chi connectivity index (χ2n) is 4.85. The van der Waals surface area contributed by atoms with E-state index in [0.717, 1.165) is 31.6 Å². The number of hydrogen-bond donors (Lipinski definition) is 1. The molecule has 0 aliphatic heterocycles. The molecule has 1 atom stereocenters. The summed E-state index contributed by atoms with van der Waals surface area (Å²) < 4.78 is 5.72. The fourth-order valence-electron chi connectivity index (χ4n) is 2.55. The van der Waals surface area contributed by atoms with E-state index in [1.54, 1.807) is 0 Å². The van der Waals surface area contributed by atoms with Crippen molar-refractivity contribution < 1.29 is 4.74 Å². The highest BCUT2D eigenvalue weighted by Gasteiger charge is 2.38. The lowest BCUT2D eigenvalue weighted by molar-refractivity contribution is -0.0677. The highest BCUT2D eigenvalue weighted by Crippen LogP contribution is 2.37. The molecule has 0 bridgehead atoms. The van der Waals surface area contributed by atoms with Crippen molar-refractivity contribution in [2.24, 2.45) is 11.7 Å². The maximum Gasteiger partial charge on any atom is 0.0829 e. The maximum atomic E-state index is 6.22. The monoisotopic (exact) mass is 199 g/mol. The Kier molecular flexibility index (Phi) is 4.39. The normalized spacial score (nSPS) is 35.6. The zero-order chi connectivity index (χ0) is 10.6. The van der Waals surface area contributed by atoms with Crippen molar-refractivity contribution in [3.63, 3.8) is 0 Å². The average Bonchev–Trinajstić information content (AvgIpc) is 2.20. The number of rotatable bonds is 4. The van der Waals surface area contributed by atoms with Crippen LogP contribution < -0.4 is 5.73 Å². The molecular formula is C12H25NO. The predicted octanol–water partition coefficient (Wildman–Crippen LogP) is 2.71. The Bertz CT molecular complexity index is 162. The Labute approximate surface area is 88.2 Å². The molecule has 84 valence electrons. The van der Waals surface area contributed by atoms with Gasteiger partial charge in [0.05, 0.1) is 5.60 Å². The molecule has 1 unspecified atom stereocenters. The van der Waals surface area contributed by atoms with Crippen LogP contribution in [-0.4, -0.2) is 18.8 Å². The Morgan fingerprint density at radius 2 is 2.00 bits per heavy atom. The molecule has 1 fully saturated rings. The lowest BCUT2D eigenvalue weighted by Crippen LogP contribution is -2.51. The quantitative estimate of drug-likeness (QED) is 0.755. The Hall–Kier alpha value is -0.0800. The molecular weight excluding hydrogens is 174 g/mol. The molecule has 1 saturated carbocycles. The number of nitrogens with two attached hydrogens (primary N) is 1. The van der Waals surface area contributed by atoms with Gasteiger partial charge >= 0.3 is 0 Å². The van der Waals surface area contributed by atoms with Gasteiger partial charge in [-0.1, -0.05) is 20.3 Å². The van der Waals surface area contributed by atoms with E-state index in [9.17, 15) is 0 Å². The van der Waals surface area contributed by atoms with Crippen LogP contribution in [0.2, 0.25) is 0 Å². The van der Waals surface area contributed by atoms with Gasteiger partial charge in [-0.3, -0.25) is 0 Å². The molecule has 0 radical (unpaired) electrons. The zero-order valence-electron chi connectivity index (χ0n) is 9.88. The first kappa shape index (κ1) is 12.0. The zero-order valence-corrected chi connectivity index (χ0v) is 9.88. The van der Waals surface area contributed by atoms with Crippen LogP contribution in [0.25, 0.3) is 0 Å². The van der Waals surface area contributed by atoms with Crippen LogP contribution in [0, 0.1) is 5.92 Å². The molecule has 0 aromatic carbocycles. The Morgan fingerprint density at radius 3 is 2.43 bits per heavy atom. The van der Waals surface area contributed by atoms with Crippen LogP contribution in [-0.2, 0) is 4.74 Å². The SMILES string of the molecule is CCCC(N)C1(OC)CCC(C)CC1. The van der Waals surface area contributed by atoms with Crippen molar-refractivity contribution in [3.05, 3.63) is 0 Å². The van der Waals surface area contributed by atoms with E-state index >= 15 is 0 Å². The predicted molar refractivity (Wildman–Crippen MR) is 60.3 cm³/mol. The highest BCUT2D eigenvalue weighted by molar-refractivity contribution is 4.94. The molecule has 2 N–H and O–H groups in total. The van der Waals surface area contributed by atoms with Crippen LogP contribution in [0.3, 0.4) is 0 Å². The minimum atomic E-state index is -0.0114. The van der Waals surface area contributed by atoms with Crippen molar-refractivity contribution in [1.82, 2.24) is 0 Å². The van der Waals surface area contributed by atoms with Crippen LogP contribution in [0.4, 0.5) is 0 Å². The maximum absolute atomic E-state index is 6.22. The molecule has 0 saturated heterocycles. The van der Waals surface area contributed by atoms with E-state index in [2.05, 4.69) is 13.8 Å². The minimum absolute atomic E-state index is 0.0114. The van der Waals surface area contributed by atoms with Gasteiger partial charge in [0.1, 0.15) is 0 Å². The molecule has 2 nitrogen and oxygen atoms in total. The largest absolute Gasteiger partial charge is 0.377 e. The number of methoxy groups -OCH3 is 1. The van der Waals surface area contributed by atoms with E-state index in [1.807, 2.05) is 7.11 Å². The summed E-state index contributed by atoms with van der Waals surface area (Å²) in [5.74, 6) is 0.854. The highest BCUT2D eigenvalue weighted by atomic mass is 16.5. The van der Waals surface area contributed by atoms with Crippen molar-refractivity contribution in [3.8, 4) is 0 Å². The molecule has 0 heterocycles. The molecule has 1 aliphatic rings. The molecule has 0 aromatic heterocycles. The lowest BCUT2D eigenvalue weighted by Gasteiger charge is -2.42. The first-order valence-electron chi connectivity index (χ1n) is 5.95. The third-order valence-electron chi connectivity index (χ3n) is 3.80. The molecule has 2 heteroatoms. The summed E-state index contributed by atoms with van der Waals surface area (Å²) in [6.07, 6.45) is 7.07. The van der Waals surface area contributed by atoms with E-state index in [4.69, 9.17) is 10.5 Å². The molecule has 0 amide bonds. The molecule has 0 aromatic rings. The second-order valence-corrected chi connectivity index (χ2v) is 4.85. The Morgan fingerprint density at radius 1 is 1.43 bits per heavy atom. The second kappa shape index (κ2) is 5.13. The van der Waals surface area contributed by atoms with E-state index < -0.39 is 0 Å². The molecule has 0 spiro atoms. The lowest BCUT2D eigenvalue weighted by atomic mass is 9.74. The van der Waals surface area contributed by atoms with Crippen LogP contribution >= 0.6 is 0 Å². The standard InChI is InChI=1S/C12H25NO/c1-4-5-11(13)12(14-3)8-6-10(2)7-9-12/h10-11H,4-9,13H2,1-3H3. The van der Waals surface area contributed by atoms with Crippen LogP contribution in [0.5, 0.6) is 0 Å². The minimum Gasteiger partial charge on any atom is -0.377 e. The van der Waals surface area contributed by atoms with Crippen molar-refractivity contribution in [2.45, 2.75) is 64.0 Å². The van der Waals surface area contributed by atoms with Gasteiger partial charge in [0.15, 0.2) is 0 Å². The van der Waals surface area contributed by atoms with E-state index in [1.165, 1.54) is 12.8 Å². The fourth-order valence-corrected chi connectivity index (χ4v) is 2.55. The third-order valence-corrected chi connectivity index (χ3v) is 3.80. The summed E-state index contributed by atoms with van der Waals surface area (Å²) in [6.45, 7) is 4.51. The van der Waals surface area contributed by atoms with Crippen LogP contribution in [0.15, 0.2) is 0 Å². The smallest absolute Gasteiger partial charge is 0.0829 e. The van der Waals surface area contributed by atoms with Gasteiger partial charge in [0.2, 0.25) is 0 Å². The summed E-state index contributed by atoms with van der Waals surface area (Å²) in [4.78, 5) is 0. The van der Waals surface area contributed by atoms with Crippen LogP contribution in [0.1, 0.15) is 52.4 Å². The van der Waals surface area contributed by atoms with Crippen molar-refractivity contribution in [1.29, 1.82) is 0 Å². The summed E-state index contributed by atoms with van der Waals surface area (Å²) in [6, 6.07) is 0.227. The van der Waals surface area contributed by atoms with Gasteiger partial charge < -0.3 is 10.5 Å². The van der Waals surface area contributed by atoms with Crippen molar-refractivity contribution in [2.75, 3.05) is 7.11 Å². The fraction of sp³-hybridized carbons (Fsp3) is 1.00. The van der Waals surface area contributed by atoms with Gasteiger partial charge in [-0.2, -0.15) is 0 Å². The average molecular weight is 199 g/mol. The number of ether oxygens (including phenoxy) is 1. The first-order chi connectivity index (χ1) is 6.64. The van der Waals surface area contributed by atoms with Crippen molar-refractivity contribution >= 4 is 0 Å². The topological polar surface area (TPSA) is 35.2 Å². The summed E-state index contributed by atoms with van der Waals surface area (Å²) >= 11 is 0. The molecule has 1 aliphatic carbocycles. The molecule has 14 heavy (non-hydrogen) atoms. The van der Waals surface area contributed by atoms with Gasteiger partial charge in [-0.05, 0) is 38.0 Å². The summed E-state index contributed by atoms with van der Waals surface area (Å²) in [5, 5.41) is 0. The summed E-state index contributed by atoms with van der Waals surface area (Å²) in [7, 11) is 1.82. The first-order valence-corrected chi connectivity index (χ1v) is 5.95. The third kappa shape index (κ3) is 2.48. The van der Waals surface area contributed by atoms with Gasteiger partial charge in [0, 0.05) is 13.2 Å². The Balaban J connectivity index is 2.57. The van der Waals surface area contributed by atoms with Gasteiger partial charge in [-0.25, -0.2) is 0 Å². The van der Waals surface area contributed by atoms with E-state index in [0.29, 0.717) is 0 Å². The van der Waals surface area contributed by atoms with Gasteiger partial charge in [-0.15, -0.1) is 0 Å². The van der Waals surface area contributed by atoms with Gasteiger partial charge in [0.25, 0.3) is 0 Å². The van der Waals surface area contributed by atoms with E-state index in [-0.39, 0.29) is 11.6 Å². The molecule has 1 rings (SSSR count). The number of hydrogen-bond acceptors (Lipinski definition) is 2.